The topological polar surface area (TPSA) is 151 Å². The van der Waals surface area contributed by atoms with Gasteiger partial charge in [0, 0.05) is 31.3 Å². The molecule has 1 aliphatic carbocycles. The van der Waals surface area contributed by atoms with E-state index in [1.165, 1.54) is 4.90 Å². The average Bonchev–Trinajstić information content (AvgIpc) is 3.42. The molecule has 1 saturated heterocycles. The van der Waals surface area contributed by atoms with Crippen molar-refractivity contribution in [2.75, 3.05) is 6.54 Å². The molecule has 0 bridgehead atoms. The Bertz CT molecular complexity index is 1840. The van der Waals surface area contributed by atoms with Gasteiger partial charge >= 0.3 is 12.1 Å². The second-order valence-corrected chi connectivity index (χ2v) is 17.0. The van der Waals surface area contributed by atoms with Crippen LogP contribution in [0.4, 0.5) is 4.79 Å². The molecular weight excluding hydrogens is 721 g/mol. The van der Waals surface area contributed by atoms with E-state index in [1.54, 1.807) is 56.0 Å². The van der Waals surface area contributed by atoms with Crippen molar-refractivity contribution < 1.29 is 37.7 Å². The summed E-state index contributed by atoms with van der Waals surface area (Å²) in [6, 6.07) is 13.6. The molecule has 0 aromatic heterocycles. The number of nitrogens with zero attached hydrogens (tertiary/aromatic N) is 2. The van der Waals surface area contributed by atoms with Crippen LogP contribution in [0.1, 0.15) is 96.3 Å². The van der Waals surface area contributed by atoms with Gasteiger partial charge in [0.05, 0.1) is 17.9 Å². The molecule has 296 valence electrons. The zero-order valence-corrected chi connectivity index (χ0v) is 32.2. The summed E-state index contributed by atoms with van der Waals surface area (Å²) >= 11 is 0. The highest BCUT2D eigenvalue weighted by Gasteiger charge is 2.61. The van der Waals surface area contributed by atoms with Crippen LogP contribution in [0.25, 0.3) is 0 Å². The van der Waals surface area contributed by atoms with E-state index in [4.69, 9.17) is 9.47 Å². The summed E-state index contributed by atoms with van der Waals surface area (Å²) in [7, 11) is -1.89. The standard InChI is InChI=1S/C41H50N4O8S.CH4/c1-27-17-19-33(20-18-27)54(51)43-38(49)41-23-31(41)16-10-8-6-5-7-9-13-28(21-35(46)53-40(2,3)4)37(48)45-26-32(22-34(45)36(47)42-41)52-39(50)44-24-29-14-11-12-15-30(29)25-44;/h8,11-12,14-20,28,31-32,34H,5-7,9,13,21-26H2,1-4H3,(H,42,47)(H,43,49);1H4/t10?,28-,31-,32-,34+,41-,54+;/m1./s1. The molecule has 2 fully saturated rings. The molecule has 13 heteroatoms. The fourth-order valence-electron chi connectivity index (χ4n) is 7.42. The van der Waals surface area contributed by atoms with E-state index in [9.17, 15) is 28.2 Å². The van der Waals surface area contributed by atoms with Gasteiger partial charge in [-0.05, 0) is 88.8 Å². The summed E-state index contributed by atoms with van der Waals surface area (Å²) in [5, 5.41) is 2.93. The smallest absolute Gasteiger partial charge is 0.410 e. The molecule has 4 amide bonds. The quantitative estimate of drug-likeness (QED) is 0.277. The van der Waals surface area contributed by atoms with E-state index in [0.717, 1.165) is 36.0 Å². The van der Waals surface area contributed by atoms with Crippen molar-refractivity contribution in [1.82, 2.24) is 19.8 Å². The first-order valence-corrected chi connectivity index (χ1v) is 19.9. The molecule has 55 heavy (non-hydrogen) atoms. The summed E-state index contributed by atoms with van der Waals surface area (Å²) in [5.74, 6) is -3.35. The molecule has 0 radical (unpaired) electrons. The van der Waals surface area contributed by atoms with Crippen molar-refractivity contribution >= 4 is 40.8 Å². The predicted octanol–water partition coefficient (Wildman–Crippen LogP) is 5.79. The van der Waals surface area contributed by atoms with Crippen LogP contribution in [0.2, 0.25) is 0 Å². The van der Waals surface area contributed by atoms with Crippen LogP contribution in [-0.2, 0) is 52.7 Å². The third-order valence-corrected chi connectivity index (χ3v) is 11.5. The van der Waals surface area contributed by atoms with Gasteiger partial charge in [-0.1, -0.05) is 62.2 Å². The van der Waals surface area contributed by atoms with Gasteiger partial charge in [0.15, 0.2) is 11.0 Å². The van der Waals surface area contributed by atoms with Crippen LogP contribution >= 0.6 is 0 Å². The van der Waals surface area contributed by atoms with Crippen LogP contribution in [0.5, 0.6) is 0 Å². The summed E-state index contributed by atoms with van der Waals surface area (Å²) in [6.07, 6.45) is 5.79. The molecule has 0 spiro atoms. The normalized spacial score (nSPS) is 25.7. The Labute approximate surface area is 326 Å². The number of amides is 4. The Morgan fingerprint density at radius 2 is 1.71 bits per heavy atom. The summed E-state index contributed by atoms with van der Waals surface area (Å²) in [6.45, 7) is 7.91. The van der Waals surface area contributed by atoms with Gasteiger partial charge < -0.3 is 19.7 Å². The fraction of sp³-hybridized carbons (Fsp3) is 0.524. The first kappa shape index (κ1) is 41.4. The van der Waals surface area contributed by atoms with E-state index >= 15 is 0 Å². The highest BCUT2D eigenvalue weighted by atomic mass is 32.2. The second kappa shape index (κ2) is 17.4. The molecule has 3 heterocycles. The van der Waals surface area contributed by atoms with Gasteiger partial charge in [0.25, 0.3) is 5.91 Å². The average molecular weight is 775 g/mol. The fourth-order valence-corrected chi connectivity index (χ4v) is 8.27. The predicted molar refractivity (Wildman–Crippen MR) is 207 cm³/mol. The number of aryl methyl sites for hydroxylation is 1. The van der Waals surface area contributed by atoms with E-state index in [0.29, 0.717) is 30.8 Å². The first-order chi connectivity index (χ1) is 25.7. The third kappa shape index (κ3) is 10.1. The number of hydrogen-bond acceptors (Lipinski definition) is 8. The number of benzene rings is 2. The van der Waals surface area contributed by atoms with Crippen LogP contribution in [0.3, 0.4) is 0 Å². The second-order valence-electron chi connectivity index (χ2n) is 15.8. The SMILES string of the molecule is C.Cc1ccc([S@](=O)NC(=O)[C@@]23C[C@H]2C=C=CCCCCC[C@H](CC(=O)OC(C)(C)C)C(=O)N2C[C@H](OC(=O)N4Cc5ccccc5C4)C[C@H]2C(=O)N3)cc1. The van der Waals surface area contributed by atoms with Crippen LogP contribution in [0.15, 0.2) is 71.3 Å². The molecule has 12 nitrogen and oxygen atoms in total. The maximum absolute atomic E-state index is 14.5. The number of fused-ring (bicyclic) bond motifs is 3. The Hall–Kier alpha value is -4.74. The van der Waals surface area contributed by atoms with Crippen molar-refractivity contribution in [3.63, 3.8) is 0 Å². The number of ether oxygens (including phenoxy) is 2. The van der Waals surface area contributed by atoms with Crippen molar-refractivity contribution in [2.45, 2.75) is 128 Å². The van der Waals surface area contributed by atoms with Crippen molar-refractivity contribution in [2.24, 2.45) is 11.8 Å². The number of carbonyl (C=O) groups excluding carboxylic acids is 5. The Balaban J connectivity index is 0.00000580. The minimum Gasteiger partial charge on any atom is -0.460 e. The number of nitrogens with one attached hydrogen (secondary N) is 2. The highest BCUT2D eigenvalue weighted by Crippen LogP contribution is 2.45. The Kier molecular flexibility index (Phi) is 13.1. The van der Waals surface area contributed by atoms with E-state index in [-0.39, 0.29) is 33.2 Å². The van der Waals surface area contributed by atoms with E-state index < -0.39 is 75.9 Å². The van der Waals surface area contributed by atoms with Gasteiger partial charge in [0.2, 0.25) is 11.8 Å². The lowest BCUT2D eigenvalue weighted by molar-refractivity contribution is -0.159. The number of rotatable bonds is 6. The molecule has 2 N–H and O–H groups in total. The number of carbonyl (C=O) groups is 5. The summed E-state index contributed by atoms with van der Waals surface area (Å²) < 4.78 is 27.4. The lowest BCUT2D eigenvalue weighted by Crippen LogP contribution is -2.56. The van der Waals surface area contributed by atoms with Gasteiger partial charge in [-0.25, -0.2) is 9.00 Å². The molecule has 1 saturated carbocycles. The minimum atomic E-state index is -1.89. The largest absolute Gasteiger partial charge is 0.460 e. The maximum Gasteiger partial charge on any atom is 0.410 e. The minimum absolute atomic E-state index is 0. The number of hydrogen-bond donors (Lipinski definition) is 2. The van der Waals surface area contributed by atoms with Gasteiger partial charge in [-0.3, -0.25) is 28.8 Å². The maximum atomic E-state index is 14.5. The lowest BCUT2D eigenvalue weighted by Gasteiger charge is -2.30. The van der Waals surface area contributed by atoms with Gasteiger partial charge in [0.1, 0.15) is 23.3 Å². The Morgan fingerprint density at radius 3 is 2.38 bits per heavy atom. The lowest BCUT2D eigenvalue weighted by atomic mass is 9.95. The zero-order chi connectivity index (χ0) is 38.6. The summed E-state index contributed by atoms with van der Waals surface area (Å²) in [5.41, 5.74) is 4.02. The molecule has 2 aromatic rings. The molecule has 0 unspecified atom stereocenters. The zero-order valence-electron chi connectivity index (χ0n) is 31.4. The van der Waals surface area contributed by atoms with Gasteiger partial charge in [-0.15, -0.1) is 5.73 Å². The molecule has 3 aliphatic heterocycles. The van der Waals surface area contributed by atoms with E-state index in [2.05, 4.69) is 15.8 Å². The monoisotopic (exact) mass is 774 g/mol. The molecular formula is C42H54N4O8S. The van der Waals surface area contributed by atoms with Crippen molar-refractivity contribution in [3.8, 4) is 0 Å². The highest BCUT2D eigenvalue weighted by molar-refractivity contribution is 7.83. The van der Waals surface area contributed by atoms with Gasteiger partial charge in [-0.2, -0.15) is 0 Å². The van der Waals surface area contributed by atoms with Crippen LogP contribution < -0.4 is 10.0 Å². The first-order valence-electron chi connectivity index (χ1n) is 18.8. The molecule has 2 aromatic carbocycles. The van der Waals surface area contributed by atoms with Crippen molar-refractivity contribution in [1.29, 1.82) is 0 Å². The van der Waals surface area contributed by atoms with Crippen LogP contribution in [-0.4, -0.2) is 73.6 Å². The van der Waals surface area contributed by atoms with E-state index in [1.807, 2.05) is 37.3 Å². The van der Waals surface area contributed by atoms with Crippen LogP contribution in [0, 0.1) is 18.8 Å². The molecule has 6 atom stereocenters. The molecule has 4 aliphatic rings. The van der Waals surface area contributed by atoms with Crippen molar-refractivity contribution in [3.05, 3.63) is 83.1 Å². The molecule has 6 rings (SSSR count). The Morgan fingerprint density at radius 1 is 1.02 bits per heavy atom. The number of esters is 1. The summed E-state index contributed by atoms with van der Waals surface area (Å²) in [4.78, 5) is 72.7. The third-order valence-electron chi connectivity index (χ3n) is 10.4.